The molecule has 8 heteroatoms. The Bertz CT molecular complexity index is 1050. The van der Waals surface area contributed by atoms with Crippen LogP contribution in [0.15, 0.2) is 36.7 Å². The average molecular weight is 351 g/mol. The predicted molar refractivity (Wildman–Crippen MR) is 101 cm³/mol. The maximum Gasteiger partial charge on any atom is 0.152 e. The van der Waals surface area contributed by atoms with Crippen LogP contribution in [0, 0.1) is 0 Å². The molecule has 8 nitrogen and oxygen atoms in total. The summed E-state index contributed by atoms with van der Waals surface area (Å²) in [6, 6.07) is 7.83. The third kappa shape index (κ3) is 2.69. The highest BCUT2D eigenvalue weighted by Gasteiger charge is 2.17. The predicted octanol–water partition coefficient (Wildman–Crippen LogP) is 1.45. The largest absolute Gasteiger partial charge is 0.395 e. The first-order valence-electron chi connectivity index (χ1n) is 8.63. The van der Waals surface area contributed by atoms with E-state index >= 15 is 0 Å². The van der Waals surface area contributed by atoms with Crippen molar-refractivity contribution >= 4 is 27.8 Å². The van der Waals surface area contributed by atoms with E-state index in [4.69, 9.17) is 5.73 Å². The molecule has 0 fully saturated rings. The zero-order valence-electron chi connectivity index (χ0n) is 14.6. The van der Waals surface area contributed by atoms with E-state index < -0.39 is 0 Å². The third-order valence-electron chi connectivity index (χ3n) is 4.39. The second kappa shape index (κ2) is 6.74. The van der Waals surface area contributed by atoms with Crippen molar-refractivity contribution in [3.05, 3.63) is 42.5 Å². The SMILES string of the molecule is CCNCc1nc2c(N)nc3cc(-n4cccn4)ccc3c2n1CCO. The molecule has 26 heavy (non-hydrogen) atoms. The summed E-state index contributed by atoms with van der Waals surface area (Å²) < 4.78 is 3.80. The maximum atomic E-state index is 9.53. The summed E-state index contributed by atoms with van der Waals surface area (Å²) in [6.45, 7) is 3.97. The highest BCUT2D eigenvalue weighted by Crippen LogP contribution is 2.30. The summed E-state index contributed by atoms with van der Waals surface area (Å²) in [7, 11) is 0. The number of imidazole rings is 1. The van der Waals surface area contributed by atoms with Crippen molar-refractivity contribution in [1.82, 2.24) is 29.6 Å². The number of aliphatic hydroxyl groups is 1. The van der Waals surface area contributed by atoms with Gasteiger partial charge in [0.25, 0.3) is 0 Å². The van der Waals surface area contributed by atoms with E-state index in [2.05, 4.69) is 20.4 Å². The van der Waals surface area contributed by atoms with Gasteiger partial charge in [0.1, 0.15) is 11.3 Å². The molecular formula is C18H21N7O. The van der Waals surface area contributed by atoms with Crippen molar-refractivity contribution in [1.29, 1.82) is 0 Å². The molecule has 0 aliphatic rings. The fourth-order valence-corrected chi connectivity index (χ4v) is 3.22. The van der Waals surface area contributed by atoms with Crippen molar-refractivity contribution in [2.24, 2.45) is 0 Å². The van der Waals surface area contributed by atoms with E-state index in [9.17, 15) is 5.11 Å². The van der Waals surface area contributed by atoms with Gasteiger partial charge < -0.3 is 20.7 Å². The normalized spacial score (nSPS) is 11.6. The van der Waals surface area contributed by atoms with Crippen LogP contribution in [0.25, 0.3) is 27.6 Å². The average Bonchev–Trinajstić information content (AvgIpc) is 3.29. The van der Waals surface area contributed by atoms with Gasteiger partial charge in [0.05, 0.1) is 29.9 Å². The van der Waals surface area contributed by atoms with Crippen LogP contribution in [0.4, 0.5) is 5.82 Å². The molecule has 0 unspecified atom stereocenters. The van der Waals surface area contributed by atoms with Gasteiger partial charge in [-0.1, -0.05) is 6.92 Å². The molecule has 134 valence electrons. The van der Waals surface area contributed by atoms with Crippen LogP contribution in [0.2, 0.25) is 0 Å². The van der Waals surface area contributed by atoms with E-state index in [-0.39, 0.29) is 6.61 Å². The summed E-state index contributed by atoms with van der Waals surface area (Å²) in [5.41, 5.74) is 9.47. The first-order chi connectivity index (χ1) is 12.7. The lowest BCUT2D eigenvalue weighted by Crippen LogP contribution is -2.17. The number of nitrogens with one attached hydrogen (secondary N) is 1. The second-order valence-electron chi connectivity index (χ2n) is 6.03. The van der Waals surface area contributed by atoms with Crippen molar-refractivity contribution in [2.75, 3.05) is 18.9 Å². The topological polar surface area (TPSA) is 107 Å². The first-order valence-corrected chi connectivity index (χ1v) is 8.63. The number of benzene rings is 1. The summed E-state index contributed by atoms with van der Waals surface area (Å²) >= 11 is 0. The molecule has 0 aliphatic carbocycles. The van der Waals surface area contributed by atoms with Crippen LogP contribution in [0.5, 0.6) is 0 Å². The van der Waals surface area contributed by atoms with E-state index in [1.54, 1.807) is 10.9 Å². The van der Waals surface area contributed by atoms with E-state index in [1.807, 2.05) is 42.0 Å². The molecule has 4 N–H and O–H groups in total. The number of pyridine rings is 1. The number of aliphatic hydroxyl groups excluding tert-OH is 1. The lowest BCUT2D eigenvalue weighted by atomic mass is 10.1. The molecule has 0 atom stereocenters. The van der Waals surface area contributed by atoms with Crippen LogP contribution in [0.3, 0.4) is 0 Å². The van der Waals surface area contributed by atoms with Crippen LogP contribution < -0.4 is 11.1 Å². The van der Waals surface area contributed by atoms with Crippen LogP contribution in [0.1, 0.15) is 12.7 Å². The Hall–Kier alpha value is -2.97. The molecule has 0 bridgehead atoms. The first kappa shape index (κ1) is 16.5. The van der Waals surface area contributed by atoms with Gasteiger partial charge in [-0.3, -0.25) is 0 Å². The molecule has 0 saturated carbocycles. The highest BCUT2D eigenvalue weighted by atomic mass is 16.3. The number of anilines is 1. The number of nitrogens with two attached hydrogens (primary N) is 1. The highest BCUT2D eigenvalue weighted by molar-refractivity contribution is 6.07. The molecule has 0 saturated heterocycles. The Kier molecular flexibility index (Phi) is 4.27. The summed E-state index contributed by atoms with van der Waals surface area (Å²) in [5.74, 6) is 1.23. The van der Waals surface area contributed by atoms with Gasteiger partial charge in [-0.25, -0.2) is 14.6 Å². The fourth-order valence-electron chi connectivity index (χ4n) is 3.22. The molecule has 0 amide bonds. The van der Waals surface area contributed by atoms with Gasteiger partial charge in [-0.15, -0.1) is 0 Å². The van der Waals surface area contributed by atoms with E-state index in [1.165, 1.54) is 0 Å². The Labute approximate surface area is 150 Å². The smallest absolute Gasteiger partial charge is 0.152 e. The Morgan fingerprint density at radius 3 is 2.88 bits per heavy atom. The lowest BCUT2D eigenvalue weighted by molar-refractivity contribution is 0.276. The van der Waals surface area contributed by atoms with Gasteiger partial charge in [-0.2, -0.15) is 5.10 Å². The molecule has 0 aliphatic heterocycles. The summed E-state index contributed by atoms with van der Waals surface area (Å²) in [5, 5.41) is 18.0. The van der Waals surface area contributed by atoms with Crippen molar-refractivity contribution in [3.8, 4) is 5.69 Å². The monoisotopic (exact) mass is 351 g/mol. The van der Waals surface area contributed by atoms with Crippen LogP contribution in [-0.2, 0) is 13.1 Å². The van der Waals surface area contributed by atoms with Crippen LogP contribution in [-0.4, -0.2) is 42.6 Å². The van der Waals surface area contributed by atoms with E-state index in [0.717, 1.165) is 34.5 Å². The number of aromatic nitrogens is 5. The number of hydrogen-bond donors (Lipinski definition) is 3. The number of hydrogen-bond acceptors (Lipinski definition) is 6. The maximum absolute atomic E-state index is 9.53. The fraction of sp³-hybridized carbons (Fsp3) is 0.278. The summed E-state index contributed by atoms with van der Waals surface area (Å²) in [4.78, 5) is 9.22. The summed E-state index contributed by atoms with van der Waals surface area (Å²) in [6.07, 6.45) is 3.62. The minimum Gasteiger partial charge on any atom is -0.395 e. The lowest BCUT2D eigenvalue weighted by Gasteiger charge is -2.10. The van der Waals surface area contributed by atoms with Gasteiger partial charge >= 0.3 is 0 Å². The quantitative estimate of drug-likeness (QED) is 0.485. The molecule has 0 spiro atoms. The van der Waals surface area contributed by atoms with E-state index in [0.29, 0.717) is 24.4 Å². The molecule has 4 aromatic rings. The molecule has 3 aromatic heterocycles. The van der Waals surface area contributed by atoms with Crippen molar-refractivity contribution in [2.45, 2.75) is 20.0 Å². The number of rotatable bonds is 6. The minimum absolute atomic E-state index is 0.0275. The van der Waals surface area contributed by atoms with Crippen LogP contribution >= 0.6 is 0 Å². The van der Waals surface area contributed by atoms with Crippen molar-refractivity contribution < 1.29 is 5.11 Å². The van der Waals surface area contributed by atoms with Gasteiger partial charge in [0.15, 0.2) is 5.82 Å². The number of nitrogen functional groups attached to an aromatic ring is 1. The van der Waals surface area contributed by atoms with Gasteiger partial charge in [0.2, 0.25) is 0 Å². The Morgan fingerprint density at radius 2 is 2.15 bits per heavy atom. The van der Waals surface area contributed by atoms with Gasteiger partial charge in [0, 0.05) is 24.3 Å². The molecule has 1 aromatic carbocycles. The molecule has 4 rings (SSSR count). The number of nitrogens with zero attached hydrogens (tertiary/aromatic N) is 5. The molecular weight excluding hydrogens is 330 g/mol. The Balaban J connectivity index is 1.96. The molecule has 0 radical (unpaired) electrons. The zero-order valence-corrected chi connectivity index (χ0v) is 14.6. The molecule has 3 heterocycles. The van der Waals surface area contributed by atoms with Crippen molar-refractivity contribution in [3.63, 3.8) is 0 Å². The standard InChI is InChI=1S/C18H21N7O/c1-2-20-11-15-23-16-17(24(15)8-9-26)13-5-4-12(25-7-3-6-21-25)10-14(13)22-18(16)19/h3-7,10,20,26H,2,8-9,11H2,1H3,(H2,19,22). The van der Waals surface area contributed by atoms with Gasteiger partial charge in [-0.05, 0) is 30.8 Å². The zero-order chi connectivity index (χ0) is 18.1. The minimum atomic E-state index is 0.0275. The number of fused-ring (bicyclic) bond motifs is 3. The Morgan fingerprint density at radius 1 is 1.27 bits per heavy atom. The second-order valence-corrected chi connectivity index (χ2v) is 6.03. The third-order valence-corrected chi connectivity index (χ3v) is 4.39.